The number of benzene rings is 1. The van der Waals surface area contributed by atoms with Gasteiger partial charge in [-0.25, -0.2) is 8.42 Å². The van der Waals surface area contributed by atoms with Crippen LogP contribution in [0.2, 0.25) is 0 Å². The van der Waals surface area contributed by atoms with E-state index in [0.717, 1.165) is 12.0 Å². The Bertz CT molecular complexity index is 707. The molecule has 0 spiro atoms. The molecule has 1 saturated heterocycles. The Morgan fingerprint density at radius 1 is 1.18 bits per heavy atom. The predicted octanol–water partition coefficient (Wildman–Crippen LogP) is 3.71. The van der Waals surface area contributed by atoms with Crippen LogP contribution < -0.4 is 4.74 Å². The van der Waals surface area contributed by atoms with Crippen molar-refractivity contribution in [3.05, 3.63) is 35.9 Å². The lowest BCUT2D eigenvalue weighted by atomic mass is 9.93. The van der Waals surface area contributed by atoms with E-state index in [1.807, 2.05) is 0 Å². The highest BCUT2D eigenvalue weighted by Crippen LogP contribution is 2.39. The molecule has 0 N–H and O–H groups in total. The number of hydrogen-bond acceptors (Lipinski definition) is 3. The average molecular weight is 332 g/mol. The molecule has 0 saturated carbocycles. The summed E-state index contributed by atoms with van der Waals surface area (Å²) >= 11 is 0. The summed E-state index contributed by atoms with van der Waals surface area (Å²) in [5.74, 6) is -0.288. The second kappa shape index (κ2) is 5.30. The van der Waals surface area contributed by atoms with E-state index in [2.05, 4.69) is 4.74 Å². The molecule has 0 aliphatic carbocycles. The third kappa shape index (κ3) is 2.99. The quantitative estimate of drug-likeness (QED) is 0.829. The van der Waals surface area contributed by atoms with E-state index in [0.29, 0.717) is 24.8 Å². The monoisotopic (exact) mass is 332 g/mol. The van der Waals surface area contributed by atoms with E-state index >= 15 is 0 Å². The van der Waals surface area contributed by atoms with Crippen LogP contribution in [0.25, 0.3) is 5.57 Å². The molecule has 2 aliphatic heterocycles. The third-order valence-electron chi connectivity index (χ3n) is 4.17. The minimum atomic E-state index is -4.74. The van der Waals surface area contributed by atoms with Gasteiger partial charge in [-0.3, -0.25) is 0 Å². The topological polar surface area (TPSA) is 43.4 Å². The van der Waals surface area contributed by atoms with Crippen molar-refractivity contribution in [2.75, 3.05) is 0 Å². The van der Waals surface area contributed by atoms with Gasteiger partial charge in [0.2, 0.25) is 0 Å². The van der Waals surface area contributed by atoms with E-state index in [-0.39, 0.29) is 5.75 Å². The van der Waals surface area contributed by atoms with Gasteiger partial charge in [0.15, 0.2) is 9.84 Å². The zero-order valence-electron chi connectivity index (χ0n) is 11.6. The fourth-order valence-corrected chi connectivity index (χ4v) is 5.41. The van der Waals surface area contributed by atoms with Crippen molar-refractivity contribution in [2.24, 2.45) is 0 Å². The van der Waals surface area contributed by atoms with Crippen LogP contribution >= 0.6 is 0 Å². The molecule has 120 valence electrons. The molecule has 2 heterocycles. The molecule has 2 bridgehead atoms. The highest BCUT2D eigenvalue weighted by atomic mass is 32.2. The van der Waals surface area contributed by atoms with E-state index < -0.39 is 26.7 Å². The zero-order valence-corrected chi connectivity index (χ0v) is 12.5. The summed E-state index contributed by atoms with van der Waals surface area (Å²) in [5, 5.41) is -0.930. The van der Waals surface area contributed by atoms with Gasteiger partial charge in [-0.05, 0) is 42.5 Å². The standard InChI is InChI=1S/C15H15F3O3S/c16-15(17,18)21-12-4-1-3-10(7-12)11-8-13-5-2-6-14(9-11)22(13,19)20/h1,3-4,7-8,13-14H,2,5-6,9H2. The molecular formula is C15H15F3O3S. The van der Waals surface area contributed by atoms with Crippen LogP contribution in [0.4, 0.5) is 13.2 Å². The van der Waals surface area contributed by atoms with Gasteiger partial charge in [0.1, 0.15) is 5.75 Å². The summed E-state index contributed by atoms with van der Waals surface area (Å²) < 4.78 is 65.2. The number of fused-ring (bicyclic) bond motifs is 2. The maximum absolute atomic E-state index is 12.3. The van der Waals surface area contributed by atoms with Crippen LogP contribution in [0.5, 0.6) is 5.75 Å². The Hall–Kier alpha value is -1.50. The fraction of sp³-hybridized carbons (Fsp3) is 0.467. The number of allylic oxidation sites excluding steroid dienone is 1. The smallest absolute Gasteiger partial charge is 0.406 e. The van der Waals surface area contributed by atoms with E-state index in [1.165, 1.54) is 18.2 Å². The average Bonchev–Trinajstić information content (AvgIpc) is 2.35. The van der Waals surface area contributed by atoms with Gasteiger partial charge in [-0.2, -0.15) is 0 Å². The normalized spacial score (nSPS) is 27.1. The number of hydrogen-bond donors (Lipinski definition) is 0. The molecule has 0 amide bonds. The summed E-state index contributed by atoms with van der Waals surface area (Å²) in [4.78, 5) is 0. The van der Waals surface area contributed by atoms with Gasteiger partial charge in [0, 0.05) is 0 Å². The van der Waals surface area contributed by atoms with Crippen LogP contribution in [0.3, 0.4) is 0 Å². The van der Waals surface area contributed by atoms with Crippen molar-refractivity contribution in [2.45, 2.75) is 42.5 Å². The second-order valence-corrected chi connectivity index (χ2v) is 8.10. The number of rotatable bonds is 2. The Kier molecular flexibility index (Phi) is 3.71. The van der Waals surface area contributed by atoms with Gasteiger partial charge in [-0.15, -0.1) is 13.2 Å². The Labute approximate surface area is 126 Å². The van der Waals surface area contributed by atoms with Crippen LogP contribution in [0.15, 0.2) is 30.3 Å². The molecule has 2 aliphatic rings. The van der Waals surface area contributed by atoms with Gasteiger partial charge < -0.3 is 4.74 Å². The van der Waals surface area contributed by atoms with Crippen molar-refractivity contribution in [1.82, 2.24) is 0 Å². The first-order chi connectivity index (χ1) is 10.3. The molecule has 2 unspecified atom stereocenters. The van der Waals surface area contributed by atoms with Gasteiger partial charge in [-0.1, -0.05) is 24.6 Å². The second-order valence-electron chi connectivity index (χ2n) is 5.65. The lowest BCUT2D eigenvalue weighted by Crippen LogP contribution is -2.38. The van der Waals surface area contributed by atoms with E-state index in [4.69, 9.17) is 0 Å². The largest absolute Gasteiger partial charge is 0.573 e. The molecule has 22 heavy (non-hydrogen) atoms. The van der Waals surface area contributed by atoms with Crippen LogP contribution in [0.1, 0.15) is 31.2 Å². The maximum atomic E-state index is 12.3. The Morgan fingerprint density at radius 2 is 1.95 bits per heavy atom. The summed E-state index contributed by atoms with van der Waals surface area (Å²) in [6, 6.07) is 5.71. The van der Waals surface area contributed by atoms with Crippen LogP contribution in [-0.4, -0.2) is 25.3 Å². The molecule has 3 nitrogen and oxygen atoms in total. The summed E-state index contributed by atoms with van der Waals surface area (Å²) in [6.07, 6.45) is -0.614. The van der Waals surface area contributed by atoms with Crippen LogP contribution in [-0.2, 0) is 9.84 Å². The first-order valence-electron chi connectivity index (χ1n) is 7.05. The van der Waals surface area contributed by atoms with Gasteiger partial charge in [0.05, 0.1) is 10.5 Å². The van der Waals surface area contributed by atoms with Crippen molar-refractivity contribution >= 4 is 15.4 Å². The lowest BCUT2D eigenvalue weighted by molar-refractivity contribution is -0.274. The molecule has 1 aromatic carbocycles. The third-order valence-corrected chi connectivity index (χ3v) is 6.72. The number of alkyl halides is 3. The Balaban J connectivity index is 1.92. The van der Waals surface area contributed by atoms with Crippen molar-refractivity contribution in [3.8, 4) is 5.75 Å². The minimum Gasteiger partial charge on any atom is -0.406 e. The van der Waals surface area contributed by atoms with Crippen molar-refractivity contribution < 1.29 is 26.3 Å². The zero-order chi connectivity index (χ0) is 16.0. The maximum Gasteiger partial charge on any atom is 0.573 e. The Morgan fingerprint density at radius 3 is 2.64 bits per heavy atom. The van der Waals surface area contributed by atoms with Gasteiger partial charge in [0.25, 0.3) is 0 Å². The number of sulfone groups is 1. The molecular weight excluding hydrogens is 317 g/mol. The molecule has 1 aromatic rings. The molecule has 7 heteroatoms. The van der Waals surface area contributed by atoms with Crippen molar-refractivity contribution in [3.63, 3.8) is 0 Å². The fourth-order valence-electron chi connectivity index (χ4n) is 3.16. The molecule has 0 aromatic heterocycles. The lowest BCUT2D eigenvalue weighted by Gasteiger charge is -2.33. The minimum absolute atomic E-state index is 0.288. The predicted molar refractivity (Wildman–Crippen MR) is 76.1 cm³/mol. The van der Waals surface area contributed by atoms with Crippen LogP contribution in [0, 0.1) is 0 Å². The van der Waals surface area contributed by atoms with E-state index in [9.17, 15) is 21.6 Å². The molecule has 0 radical (unpaired) electrons. The summed E-state index contributed by atoms with van der Waals surface area (Å²) in [5.41, 5.74) is 1.38. The van der Waals surface area contributed by atoms with E-state index in [1.54, 1.807) is 12.1 Å². The highest BCUT2D eigenvalue weighted by molar-refractivity contribution is 7.93. The first kappa shape index (κ1) is 15.4. The summed E-state index contributed by atoms with van der Waals surface area (Å²) in [7, 11) is -3.13. The molecule has 3 rings (SSSR count). The SMILES string of the molecule is O=S1(=O)C2C=C(c3cccc(OC(F)(F)F)c3)CC1CCC2. The number of ether oxygens (including phenoxy) is 1. The van der Waals surface area contributed by atoms with Gasteiger partial charge >= 0.3 is 6.36 Å². The molecule has 1 fully saturated rings. The molecule has 2 atom stereocenters. The highest BCUT2D eigenvalue weighted by Gasteiger charge is 2.40. The van der Waals surface area contributed by atoms with Crippen molar-refractivity contribution in [1.29, 1.82) is 0 Å². The number of halogens is 3. The first-order valence-corrected chi connectivity index (χ1v) is 8.66. The summed E-state index contributed by atoms with van der Waals surface area (Å²) in [6.45, 7) is 0.